The van der Waals surface area contributed by atoms with Crippen LogP contribution in [-0.4, -0.2) is 56.7 Å². The van der Waals surface area contributed by atoms with Crippen molar-refractivity contribution < 1.29 is 27.8 Å². The van der Waals surface area contributed by atoms with Crippen LogP contribution in [-0.2, 0) is 31.6 Å². The van der Waals surface area contributed by atoms with Crippen LogP contribution in [0.15, 0.2) is 64.2 Å². The number of pyridine rings is 2. The lowest BCUT2D eigenvalue weighted by atomic mass is 10.00. The van der Waals surface area contributed by atoms with Crippen molar-refractivity contribution in [2.24, 2.45) is 14.1 Å². The van der Waals surface area contributed by atoms with Crippen LogP contribution >= 0.6 is 23.2 Å². The van der Waals surface area contributed by atoms with Crippen LogP contribution in [0.3, 0.4) is 0 Å². The van der Waals surface area contributed by atoms with Crippen molar-refractivity contribution in [3.63, 3.8) is 0 Å². The highest BCUT2D eigenvalue weighted by Crippen LogP contribution is 2.42. The van der Waals surface area contributed by atoms with Gasteiger partial charge in [-0.1, -0.05) is 59.6 Å². The molecule has 4 heterocycles. The van der Waals surface area contributed by atoms with Crippen LogP contribution in [0.2, 0.25) is 10.0 Å². The van der Waals surface area contributed by atoms with Gasteiger partial charge in [0.05, 0.1) is 46.8 Å². The second-order valence-corrected chi connectivity index (χ2v) is 12.5. The third-order valence-corrected chi connectivity index (χ3v) is 9.39. The second kappa shape index (κ2) is 14.0. The number of anilines is 2. The van der Waals surface area contributed by atoms with Crippen molar-refractivity contribution >= 4 is 45.6 Å². The number of halogens is 5. The first-order chi connectivity index (χ1) is 23.8. The van der Waals surface area contributed by atoms with E-state index in [1.54, 1.807) is 36.4 Å². The number of alkyl halides is 3. The normalized spacial score (nSPS) is 16.5. The number of hydrogen-bond acceptors (Lipinski definition) is 9. The number of benzene rings is 2. The molecule has 1 fully saturated rings. The number of rotatable bonds is 8. The fourth-order valence-corrected chi connectivity index (χ4v) is 6.46. The van der Waals surface area contributed by atoms with E-state index in [0.717, 1.165) is 14.7 Å². The zero-order valence-electron chi connectivity index (χ0n) is 26.9. The number of nitrogens with zero attached hydrogens (tertiary/aromatic N) is 4. The number of ether oxygens (including phenoxy) is 2. The topological polar surface area (TPSA) is 133 Å². The largest absolute Gasteiger partial charge is 0.481 e. The molecule has 2 aromatic carbocycles. The molecule has 50 heavy (non-hydrogen) atoms. The third kappa shape index (κ3) is 6.68. The Balaban J connectivity index is 1.36. The lowest BCUT2D eigenvalue weighted by molar-refractivity contribution is -0.141. The molecular formula is C34H31Cl2F3N6O5. The quantitative estimate of drug-likeness (QED) is 0.185. The van der Waals surface area contributed by atoms with Gasteiger partial charge in [0, 0.05) is 55.5 Å². The van der Waals surface area contributed by atoms with E-state index in [4.69, 9.17) is 32.7 Å². The number of nitrogens with one attached hydrogen (secondary N) is 2. The Labute approximate surface area is 293 Å². The van der Waals surface area contributed by atoms with Crippen LogP contribution in [0.4, 0.5) is 24.7 Å². The van der Waals surface area contributed by atoms with Crippen molar-refractivity contribution in [2.75, 3.05) is 25.6 Å². The number of hydrogen-bond donors (Lipinski definition) is 3. The zero-order valence-corrected chi connectivity index (χ0v) is 28.5. The summed E-state index contributed by atoms with van der Waals surface area (Å²) in [6.45, 7) is 1.23. The minimum Gasteiger partial charge on any atom is -0.481 e. The summed E-state index contributed by atoms with van der Waals surface area (Å²) < 4.78 is 54.3. The number of aryl methyl sites for hydroxylation is 1. The maximum atomic E-state index is 13.9. The fraction of sp³-hybridized carbons (Fsp3) is 0.294. The van der Waals surface area contributed by atoms with E-state index in [1.165, 1.54) is 27.3 Å². The van der Waals surface area contributed by atoms with Crippen molar-refractivity contribution in [1.29, 1.82) is 0 Å². The summed E-state index contributed by atoms with van der Waals surface area (Å²) in [7, 11) is 4.00. The Bertz CT molecular complexity index is 2230. The van der Waals surface area contributed by atoms with Gasteiger partial charge in [0.15, 0.2) is 0 Å². The van der Waals surface area contributed by atoms with Crippen molar-refractivity contribution in [1.82, 2.24) is 24.4 Å². The molecule has 1 aliphatic rings. The Morgan fingerprint density at radius 2 is 1.70 bits per heavy atom. The van der Waals surface area contributed by atoms with E-state index in [2.05, 4.69) is 20.6 Å². The first kappa shape index (κ1) is 35.4. The lowest BCUT2D eigenvalue weighted by Crippen LogP contribution is -2.46. The molecule has 0 unspecified atom stereocenters. The van der Waals surface area contributed by atoms with Gasteiger partial charge in [-0.25, -0.2) is 14.8 Å². The van der Waals surface area contributed by atoms with Crippen molar-refractivity contribution in [3.8, 4) is 28.3 Å². The summed E-state index contributed by atoms with van der Waals surface area (Å²) in [4.78, 5) is 34.1. The van der Waals surface area contributed by atoms with E-state index in [1.807, 2.05) is 6.07 Å². The van der Waals surface area contributed by atoms with Crippen LogP contribution in [0.25, 0.3) is 33.3 Å². The summed E-state index contributed by atoms with van der Waals surface area (Å²) >= 11 is 13.8. The van der Waals surface area contributed by atoms with E-state index in [9.17, 15) is 27.9 Å². The van der Waals surface area contributed by atoms with Crippen LogP contribution in [0.5, 0.6) is 5.88 Å². The minimum absolute atomic E-state index is 0.0859. The van der Waals surface area contributed by atoms with Gasteiger partial charge in [0.25, 0.3) is 5.56 Å². The lowest BCUT2D eigenvalue weighted by Gasteiger charge is -2.28. The van der Waals surface area contributed by atoms with E-state index in [0.29, 0.717) is 58.9 Å². The van der Waals surface area contributed by atoms with Crippen molar-refractivity contribution in [2.45, 2.75) is 31.3 Å². The number of methoxy groups -OCH3 is 1. The molecule has 0 saturated carbocycles. The highest BCUT2D eigenvalue weighted by molar-refractivity contribution is 6.39. The smallest absolute Gasteiger partial charge is 0.433 e. The molecule has 2 atom stereocenters. The van der Waals surface area contributed by atoms with E-state index < -0.39 is 35.0 Å². The average molecular weight is 732 g/mol. The van der Waals surface area contributed by atoms with Gasteiger partial charge in [0.2, 0.25) is 5.88 Å². The van der Waals surface area contributed by atoms with Gasteiger partial charge in [-0.2, -0.15) is 13.2 Å². The second-order valence-electron chi connectivity index (χ2n) is 11.7. The van der Waals surface area contributed by atoms with Gasteiger partial charge in [-0.3, -0.25) is 13.9 Å². The molecule has 11 nitrogen and oxygen atoms in total. The molecule has 262 valence electrons. The van der Waals surface area contributed by atoms with Crippen molar-refractivity contribution in [3.05, 3.63) is 96.7 Å². The minimum atomic E-state index is -4.87. The molecule has 3 aromatic heterocycles. The Morgan fingerprint density at radius 3 is 2.40 bits per heavy atom. The molecule has 6 rings (SSSR count). The highest BCUT2D eigenvalue weighted by Gasteiger charge is 2.34. The molecule has 5 aromatic rings. The molecule has 0 bridgehead atoms. The van der Waals surface area contributed by atoms with E-state index >= 15 is 0 Å². The predicted molar refractivity (Wildman–Crippen MR) is 184 cm³/mol. The van der Waals surface area contributed by atoms with Crippen LogP contribution in [0, 0.1) is 0 Å². The molecule has 1 saturated heterocycles. The maximum Gasteiger partial charge on any atom is 0.433 e. The van der Waals surface area contributed by atoms with Gasteiger partial charge >= 0.3 is 11.9 Å². The Morgan fingerprint density at radius 1 is 1.00 bits per heavy atom. The molecule has 0 spiro atoms. The maximum absolute atomic E-state index is 13.9. The monoisotopic (exact) mass is 730 g/mol. The SMILES string of the molecule is COc1nc(-c2cccc(-c3cccc(Nc4nc(C(F)(F)F)cc5c4c(=O)n(C)c(=O)n5C)c3Cl)c2Cl)ccc1CN[C@H]1CCOC[C@H]1O. The molecule has 0 aliphatic carbocycles. The van der Waals surface area contributed by atoms with Crippen LogP contribution < -0.4 is 26.6 Å². The summed E-state index contributed by atoms with van der Waals surface area (Å²) in [5.41, 5.74) is -0.268. The number of aliphatic hydroxyl groups is 1. The summed E-state index contributed by atoms with van der Waals surface area (Å²) in [5.74, 6) is -0.0613. The molecule has 1 aliphatic heterocycles. The summed E-state index contributed by atoms with van der Waals surface area (Å²) in [6.07, 6.45) is -4.82. The van der Waals surface area contributed by atoms with E-state index in [-0.39, 0.29) is 34.3 Å². The number of fused-ring (bicyclic) bond motifs is 1. The number of aliphatic hydroxyl groups excluding tert-OH is 1. The van der Waals surface area contributed by atoms with Gasteiger partial charge in [0.1, 0.15) is 16.9 Å². The molecule has 16 heteroatoms. The predicted octanol–water partition coefficient (Wildman–Crippen LogP) is 5.68. The first-order valence-corrected chi connectivity index (χ1v) is 16.1. The molecule has 0 amide bonds. The van der Waals surface area contributed by atoms with Gasteiger partial charge < -0.3 is 25.2 Å². The number of aromatic nitrogens is 4. The molecule has 0 radical (unpaired) electrons. The molecular weight excluding hydrogens is 700 g/mol. The zero-order chi connectivity index (χ0) is 35.9. The Hall–Kier alpha value is -4.47. The molecule has 3 N–H and O–H groups in total. The first-order valence-electron chi connectivity index (χ1n) is 15.4. The Kier molecular flexibility index (Phi) is 9.93. The van der Waals surface area contributed by atoms with Crippen LogP contribution in [0.1, 0.15) is 17.7 Å². The average Bonchev–Trinajstić information content (AvgIpc) is 3.10. The fourth-order valence-electron chi connectivity index (χ4n) is 5.86. The third-order valence-electron chi connectivity index (χ3n) is 8.57. The standard InChI is InChI=1S/C34H31Cl2F3N6O5/c1-44-24-14-26(34(37,38)39)43-30(27(24)32(47)45(2)33(44)48)41-23-9-5-7-19(29(23)36)18-6-4-8-20(28(18)35)21-11-10-17(31(42-21)49-3)15-40-22-12-13-50-16-25(22)46/h4-11,14,22,25,40,46H,12-13,15-16H2,1-3H3,(H,41,43)/t22-,25+/m0/s1. The van der Waals surface area contributed by atoms with Gasteiger partial charge in [-0.15, -0.1) is 0 Å². The van der Waals surface area contributed by atoms with Gasteiger partial charge in [-0.05, 0) is 24.6 Å². The highest BCUT2D eigenvalue weighted by atomic mass is 35.5. The summed E-state index contributed by atoms with van der Waals surface area (Å²) in [5, 5.41) is 16.5. The summed E-state index contributed by atoms with van der Waals surface area (Å²) in [6, 6.07) is 14.3.